The van der Waals surface area contributed by atoms with E-state index in [9.17, 15) is 19.8 Å². The second-order valence-corrected chi connectivity index (χ2v) is 5.65. The Morgan fingerprint density at radius 2 is 1.38 bits per heavy atom. The van der Waals surface area contributed by atoms with Crippen LogP contribution >= 0.6 is 0 Å². The summed E-state index contributed by atoms with van der Waals surface area (Å²) >= 11 is 0. The highest BCUT2D eigenvalue weighted by Crippen LogP contribution is 2.22. The van der Waals surface area contributed by atoms with Gasteiger partial charge >= 0.3 is 11.9 Å². The summed E-state index contributed by atoms with van der Waals surface area (Å²) < 4.78 is 10.4. The summed E-state index contributed by atoms with van der Waals surface area (Å²) in [7, 11) is 0. The lowest BCUT2D eigenvalue weighted by Crippen LogP contribution is -2.12. The number of hydrogen-bond acceptors (Lipinski definition) is 6. The molecule has 0 saturated heterocycles. The van der Waals surface area contributed by atoms with Crippen LogP contribution in [-0.4, -0.2) is 72.0 Å². The minimum Gasteiger partial charge on any atom is -0.478 e. The van der Waals surface area contributed by atoms with E-state index in [0.717, 1.165) is 0 Å². The molecular weight excluding hydrogens is 344 g/mol. The van der Waals surface area contributed by atoms with Gasteiger partial charge in [0.25, 0.3) is 0 Å². The Morgan fingerprint density at radius 1 is 0.808 bits per heavy atom. The molecule has 8 nitrogen and oxygen atoms in total. The first kappa shape index (κ1) is 22.0. The first-order chi connectivity index (χ1) is 12.5. The number of carboxylic acids is 2. The first-order valence-electron chi connectivity index (χ1n) is 8.50. The van der Waals surface area contributed by atoms with Gasteiger partial charge in [-0.25, -0.2) is 9.59 Å². The Balaban J connectivity index is 2.95. The largest absolute Gasteiger partial charge is 0.478 e. The van der Waals surface area contributed by atoms with Crippen molar-refractivity contribution in [2.75, 3.05) is 39.6 Å². The second kappa shape index (κ2) is 12.4. The number of aromatic carboxylic acids is 2. The van der Waals surface area contributed by atoms with Crippen molar-refractivity contribution in [3.8, 4) is 0 Å². The average molecular weight is 370 g/mol. The number of carbonyl (C=O) groups is 2. The van der Waals surface area contributed by atoms with Crippen molar-refractivity contribution in [3.63, 3.8) is 0 Å². The molecule has 1 aromatic rings. The Hall–Kier alpha value is -2.00. The van der Waals surface area contributed by atoms with Crippen LogP contribution in [0.5, 0.6) is 0 Å². The fourth-order valence-electron chi connectivity index (χ4n) is 2.61. The van der Waals surface area contributed by atoms with Gasteiger partial charge in [-0.2, -0.15) is 0 Å². The Kier molecular flexibility index (Phi) is 10.5. The van der Waals surface area contributed by atoms with E-state index in [1.165, 1.54) is 12.1 Å². The molecule has 26 heavy (non-hydrogen) atoms. The maximum absolute atomic E-state index is 11.6. The maximum Gasteiger partial charge on any atom is 0.335 e. The molecule has 0 bridgehead atoms. The van der Waals surface area contributed by atoms with Gasteiger partial charge in [0, 0.05) is 13.2 Å². The second-order valence-electron chi connectivity index (χ2n) is 5.65. The van der Waals surface area contributed by atoms with Crippen molar-refractivity contribution < 1.29 is 39.5 Å². The molecule has 0 fully saturated rings. The van der Waals surface area contributed by atoms with Crippen molar-refractivity contribution in [2.45, 2.75) is 25.7 Å². The van der Waals surface area contributed by atoms with Crippen molar-refractivity contribution in [1.29, 1.82) is 0 Å². The highest BCUT2D eigenvalue weighted by atomic mass is 16.5. The van der Waals surface area contributed by atoms with E-state index < -0.39 is 11.9 Å². The topological polar surface area (TPSA) is 134 Å². The van der Waals surface area contributed by atoms with E-state index in [1.54, 1.807) is 0 Å². The highest BCUT2D eigenvalue weighted by molar-refractivity contribution is 5.95. The minimum atomic E-state index is -1.18. The summed E-state index contributed by atoms with van der Waals surface area (Å²) in [5, 5.41) is 36.1. The molecule has 0 amide bonds. The zero-order chi connectivity index (χ0) is 19.4. The molecule has 0 aromatic heterocycles. The molecular formula is C18H26O8. The highest BCUT2D eigenvalue weighted by Gasteiger charge is 2.18. The Morgan fingerprint density at radius 3 is 1.88 bits per heavy atom. The van der Waals surface area contributed by atoms with Crippen LogP contribution in [0, 0.1) is 0 Å². The number of aliphatic hydroxyl groups is 2. The molecule has 0 heterocycles. The summed E-state index contributed by atoms with van der Waals surface area (Å²) in [6, 6.07) is 2.69. The zero-order valence-electron chi connectivity index (χ0n) is 14.6. The SMILES string of the molecule is O=C(O)c1cc(CCCOCCO)c(CCCOCCO)c(C(=O)O)c1. The zero-order valence-corrected chi connectivity index (χ0v) is 14.6. The third-order valence-corrected chi connectivity index (χ3v) is 3.74. The molecule has 0 aliphatic heterocycles. The maximum atomic E-state index is 11.6. The lowest BCUT2D eigenvalue weighted by Gasteiger charge is -2.15. The van der Waals surface area contributed by atoms with E-state index in [0.29, 0.717) is 50.0 Å². The lowest BCUT2D eigenvalue weighted by molar-refractivity contribution is 0.0694. The van der Waals surface area contributed by atoms with Crippen molar-refractivity contribution in [3.05, 3.63) is 34.4 Å². The van der Waals surface area contributed by atoms with Gasteiger partial charge in [-0.15, -0.1) is 0 Å². The molecule has 0 radical (unpaired) electrons. The van der Waals surface area contributed by atoms with E-state index in [1.807, 2.05) is 0 Å². The Bertz CT molecular complexity index is 585. The van der Waals surface area contributed by atoms with Gasteiger partial charge in [-0.3, -0.25) is 0 Å². The molecule has 0 spiro atoms. The first-order valence-corrected chi connectivity index (χ1v) is 8.50. The van der Waals surface area contributed by atoms with Crippen molar-refractivity contribution >= 4 is 11.9 Å². The minimum absolute atomic E-state index is 0.0154. The van der Waals surface area contributed by atoms with Crippen LogP contribution in [-0.2, 0) is 22.3 Å². The van der Waals surface area contributed by atoms with Crippen LogP contribution in [0.3, 0.4) is 0 Å². The molecule has 0 aliphatic rings. The third-order valence-electron chi connectivity index (χ3n) is 3.74. The summed E-state index contributed by atoms with van der Waals surface area (Å²) in [5.74, 6) is -2.35. The fraction of sp³-hybridized carbons (Fsp3) is 0.556. The van der Waals surface area contributed by atoms with Crippen molar-refractivity contribution in [2.24, 2.45) is 0 Å². The average Bonchev–Trinajstić information content (AvgIpc) is 2.61. The molecule has 8 heteroatoms. The summed E-state index contributed by atoms with van der Waals surface area (Å²) in [6.07, 6.45) is 2.04. The van der Waals surface area contributed by atoms with Crippen LogP contribution in [0.15, 0.2) is 12.1 Å². The van der Waals surface area contributed by atoms with Gasteiger partial charge in [0.2, 0.25) is 0 Å². The number of ether oxygens (including phenoxy) is 2. The van der Waals surface area contributed by atoms with Gasteiger partial charge in [-0.05, 0) is 48.9 Å². The fourth-order valence-corrected chi connectivity index (χ4v) is 2.61. The van der Waals surface area contributed by atoms with Crippen LogP contribution in [0.2, 0.25) is 0 Å². The van der Waals surface area contributed by atoms with E-state index >= 15 is 0 Å². The number of rotatable bonds is 14. The molecule has 0 aliphatic carbocycles. The van der Waals surface area contributed by atoms with Gasteiger partial charge in [0.1, 0.15) is 0 Å². The molecule has 4 N–H and O–H groups in total. The number of benzene rings is 1. The predicted octanol–water partition coefficient (Wildman–Crippen LogP) is 0.966. The third kappa shape index (κ3) is 7.49. The number of hydrogen-bond donors (Lipinski definition) is 4. The number of carboxylic acid groups (broad SMARTS) is 2. The predicted molar refractivity (Wildman–Crippen MR) is 92.8 cm³/mol. The molecule has 0 saturated carbocycles. The summed E-state index contributed by atoms with van der Waals surface area (Å²) in [5.41, 5.74) is 1.18. The van der Waals surface area contributed by atoms with Gasteiger partial charge in [0.05, 0.1) is 37.6 Å². The molecule has 0 unspecified atom stereocenters. The number of aliphatic hydroxyl groups excluding tert-OH is 2. The molecule has 1 rings (SSSR count). The van der Waals surface area contributed by atoms with Gasteiger partial charge < -0.3 is 29.9 Å². The molecule has 1 aromatic carbocycles. The normalized spacial score (nSPS) is 10.8. The molecule has 0 atom stereocenters. The van der Waals surface area contributed by atoms with Crippen LogP contribution in [0.1, 0.15) is 44.7 Å². The van der Waals surface area contributed by atoms with Crippen LogP contribution in [0.25, 0.3) is 0 Å². The standard InChI is InChI=1S/C18H26O8/c19-5-9-25-7-1-3-13-11-14(17(21)22)12-16(18(23)24)15(13)4-2-8-26-10-6-20/h11-12,19-20H,1-10H2,(H,21,22)(H,23,24). The van der Waals surface area contributed by atoms with Crippen LogP contribution in [0.4, 0.5) is 0 Å². The van der Waals surface area contributed by atoms with Crippen LogP contribution < -0.4 is 0 Å². The van der Waals surface area contributed by atoms with Gasteiger partial charge in [0.15, 0.2) is 0 Å². The molecule has 146 valence electrons. The Labute approximate surface area is 152 Å². The van der Waals surface area contributed by atoms with E-state index in [2.05, 4.69) is 0 Å². The van der Waals surface area contributed by atoms with Gasteiger partial charge in [-0.1, -0.05) is 0 Å². The quantitative estimate of drug-likeness (QED) is 0.356. The summed E-state index contributed by atoms with van der Waals surface area (Å²) in [6.45, 7) is 1.06. The van der Waals surface area contributed by atoms with E-state index in [4.69, 9.17) is 19.7 Å². The van der Waals surface area contributed by atoms with E-state index in [-0.39, 0.29) is 37.6 Å². The lowest BCUT2D eigenvalue weighted by atomic mass is 9.92. The van der Waals surface area contributed by atoms with Crippen molar-refractivity contribution in [1.82, 2.24) is 0 Å². The smallest absolute Gasteiger partial charge is 0.335 e. The monoisotopic (exact) mass is 370 g/mol. The number of aryl methyl sites for hydroxylation is 1. The summed E-state index contributed by atoms with van der Waals surface area (Å²) in [4.78, 5) is 22.9.